The van der Waals surface area contributed by atoms with Crippen LogP contribution in [0, 0.1) is 0 Å². The van der Waals surface area contributed by atoms with Crippen molar-refractivity contribution in [2.45, 2.75) is 37.8 Å². The molecular formula is C40H48Cl2N18O2. The van der Waals surface area contributed by atoms with Gasteiger partial charge in [0.05, 0.1) is 94.0 Å². The number of quaternary nitrogens is 1. The fraction of sp³-hybridized carbons (Fsp3) is 0.350. The quantitative estimate of drug-likeness (QED) is 0.179. The van der Waals surface area contributed by atoms with Crippen LogP contribution in [0.1, 0.15) is 37.8 Å². The number of benzene rings is 2. The molecule has 2 aliphatic heterocycles. The molecule has 2 fully saturated rings. The van der Waals surface area contributed by atoms with Crippen molar-refractivity contribution in [3.05, 3.63) is 91.0 Å². The third kappa shape index (κ3) is 10.3. The van der Waals surface area contributed by atoms with Crippen LogP contribution >= 0.6 is 11.6 Å². The molecule has 8 aromatic rings. The van der Waals surface area contributed by atoms with Crippen molar-refractivity contribution < 1.29 is 26.8 Å². The molecular weight excluding hydrogens is 835 g/mol. The number of fused-ring (bicyclic) bond motifs is 2. The fourth-order valence-electron chi connectivity index (χ4n) is 7.19. The number of likely N-dealkylation sites (tertiary alicyclic amines) is 2. The lowest BCUT2D eigenvalue weighted by molar-refractivity contribution is -0.885. The minimum absolute atomic E-state index is 0. The first-order valence-corrected chi connectivity index (χ1v) is 20.3. The molecule has 10 rings (SSSR count). The molecule has 4 N–H and O–H groups in total. The number of methoxy groups -OCH3 is 2. The van der Waals surface area contributed by atoms with Gasteiger partial charge >= 0.3 is 0 Å². The first kappa shape index (κ1) is 43.6. The summed E-state index contributed by atoms with van der Waals surface area (Å²) in [6.45, 7) is 4.67. The van der Waals surface area contributed by atoms with Crippen molar-refractivity contribution in [2.75, 3.05) is 65.5 Å². The first-order valence-electron chi connectivity index (χ1n) is 19.9. The van der Waals surface area contributed by atoms with Crippen LogP contribution in [0.5, 0.6) is 11.5 Å². The molecule has 20 nitrogen and oxygen atoms in total. The van der Waals surface area contributed by atoms with Gasteiger partial charge in [0, 0.05) is 25.2 Å². The van der Waals surface area contributed by atoms with Crippen molar-refractivity contribution in [1.29, 1.82) is 0 Å². The predicted octanol–water partition coefficient (Wildman–Crippen LogP) is 0.617. The maximum atomic E-state index is 5.77. The average molecular weight is 884 g/mol. The zero-order valence-corrected chi connectivity index (χ0v) is 36.3. The number of nitrogens with zero attached hydrogens (tertiary/aromatic N) is 15. The minimum Gasteiger partial charge on any atom is -1.00 e. The summed E-state index contributed by atoms with van der Waals surface area (Å²) in [6.07, 6.45) is 15.3. The van der Waals surface area contributed by atoms with Gasteiger partial charge in [-0.25, -0.2) is 9.97 Å². The number of ether oxygens (including phenoxy) is 2. The molecule has 324 valence electrons. The van der Waals surface area contributed by atoms with Crippen molar-refractivity contribution in [2.24, 2.45) is 0 Å². The number of nitrogen functional groups attached to an aromatic ring is 1. The standard InChI is InChI=1S/C20H23N9O.C11H8ClN5O.C9H16N4.ClH/c1-27-9-7-15(8-10-27)28-13-14(11-22-28)23-20-21-12-18-19(24-20)29(26-25-18)16-3-5-17(30-2)6-4-16;1-18-8-4-2-7(3-5-8)17-10-9(15-16-17)6-13-11(12)14-10;1-12-4-2-9(3-5-12)13-7-8(10)6-11-13;/h3-6,11-13,15H,7-10H2,1-2H3,(H,21,23,24);2-6H,1H3;6-7,9H,2-5,10H2,1H3;1H. The van der Waals surface area contributed by atoms with Gasteiger partial charge in [-0.2, -0.15) is 29.5 Å². The van der Waals surface area contributed by atoms with Crippen LogP contribution in [0.15, 0.2) is 85.7 Å². The van der Waals surface area contributed by atoms with Gasteiger partial charge in [0.1, 0.15) is 11.5 Å². The maximum Gasteiger partial charge on any atom is 0.229 e. The normalized spacial score (nSPS) is 16.7. The van der Waals surface area contributed by atoms with Crippen LogP contribution in [0.2, 0.25) is 5.28 Å². The topological polar surface area (TPSA) is 213 Å². The Morgan fingerprint density at radius 1 is 0.710 bits per heavy atom. The summed E-state index contributed by atoms with van der Waals surface area (Å²) in [5, 5.41) is 28.6. The third-order valence-corrected chi connectivity index (χ3v) is 10.9. The van der Waals surface area contributed by atoms with Crippen molar-refractivity contribution >= 4 is 51.3 Å². The summed E-state index contributed by atoms with van der Waals surface area (Å²) in [7, 11) is 7.66. The van der Waals surface area contributed by atoms with Crippen molar-refractivity contribution in [1.82, 2.24) is 74.4 Å². The van der Waals surface area contributed by atoms with Crippen LogP contribution in [0.3, 0.4) is 0 Å². The van der Waals surface area contributed by atoms with Gasteiger partial charge in [-0.1, -0.05) is 10.4 Å². The van der Waals surface area contributed by atoms with E-state index in [0.717, 1.165) is 60.2 Å². The van der Waals surface area contributed by atoms with E-state index in [9.17, 15) is 0 Å². The molecule has 2 aliphatic rings. The van der Waals surface area contributed by atoms with Gasteiger partial charge in [0.25, 0.3) is 0 Å². The number of hydrogen-bond donors (Lipinski definition) is 3. The van der Waals surface area contributed by atoms with Gasteiger partial charge in [-0.05, 0) is 93.1 Å². The second kappa shape index (κ2) is 19.9. The molecule has 0 unspecified atom stereocenters. The average Bonchev–Trinajstić information content (AvgIpc) is 4.12. The molecule has 62 heavy (non-hydrogen) atoms. The summed E-state index contributed by atoms with van der Waals surface area (Å²) < 4.78 is 17.7. The SMILES string of the molecule is COc1ccc(-n2nnc3cnc(Cl)nc32)cc1.COc1ccc(-n2nnc3cnc(Nc4cnn(C5CCN(C)CC5)c4)nc32)cc1.C[NH+]1CCC(n2cc(N)cn2)CC1.[Cl-]. The number of rotatable bonds is 8. The Labute approximate surface area is 368 Å². The molecule has 2 aromatic carbocycles. The van der Waals surface area contributed by atoms with Crippen LogP contribution in [-0.4, -0.2) is 129 Å². The lowest BCUT2D eigenvalue weighted by Crippen LogP contribution is -3.10. The highest BCUT2D eigenvalue weighted by Gasteiger charge is 2.22. The number of aromatic nitrogens is 14. The van der Waals surface area contributed by atoms with Crippen molar-refractivity contribution in [3.63, 3.8) is 0 Å². The van der Waals surface area contributed by atoms with E-state index in [-0.39, 0.29) is 17.7 Å². The molecule has 0 amide bonds. The van der Waals surface area contributed by atoms with E-state index in [1.165, 1.54) is 32.1 Å². The highest BCUT2D eigenvalue weighted by Crippen LogP contribution is 2.25. The number of nitrogens with one attached hydrogen (secondary N) is 2. The largest absolute Gasteiger partial charge is 1.00 e. The van der Waals surface area contributed by atoms with Gasteiger partial charge < -0.3 is 42.7 Å². The van der Waals surface area contributed by atoms with E-state index >= 15 is 0 Å². The Hall–Kier alpha value is -6.48. The van der Waals surface area contributed by atoms with Gasteiger partial charge in [0.15, 0.2) is 22.3 Å². The van der Waals surface area contributed by atoms with Crippen LogP contribution < -0.4 is 37.8 Å². The van der Waals surface area contributed by atoms with Crippen LogP contribution in [0.25, 0.3) is 33.7 Å². The van der Waals surface area contributed by atoms with E-state index in [1.54, 1.807) is 40.9 Å². The van der Waals surface area contributed by atoms with Gasteiger partial charge in [0.2, 0.25) is 11.2 Å². The minimum atomic E-state index is 0. The summed E-state index contributed by atoms with van der Waals surface area (Å²) in [5.41, 5.74) is 11.3. The highest BCUT2D eigenvalue weighted by molar-refractivity contribution is 6.28. The number of hydrogen-bond acceptors (Lipinski definition) is 15. The van der Waals surface area contributed by atoms with E-state index in [2.05, 4.69) is 75.1 Å². The lowest BCUT2D eigenvalue weighted by atomic mass is 10.1. The Morgan fingerprint density at radius 2 is 1.24 bits per heavy atom. The monoisotopic (exact) mass is 882 g/mol. The first-order chi connectivity index (χ1) is 29.7. The van der Waals surface area contributed by atoms with Crippen LogP contribution in [0.4, 0.5) is 17.3 Å². The molecule has 22 heteroatoms. The molecule has 2 saturated heterocycles. The molecule has 8 heterocycles. The highest BCUT2D eigenvalue weighted by atomic mass is 35.5. The Bertz CT molecular complexity index is 2650. The van der Waals surface area contributed by atoms with E-state index < -0.39 is 0 Å². The Kier molecular flexibility index (Phi) is 14.0. The third-order valence-electron chi connectivity index (χ3n) is 10.7. The molecule has 0 radical (unpaired) electrons. The van der Waals surface area contributed by atoms with Gasteiger partial charge in [-0.3, -0.25) is 9.36 Å². The van der Waals surface area contributed by atoms with Crippen LogP contribution in [-0.2, 0) is 0 Å². The summed E-state index contributed by atoms with van der Waals surface area (Å²) >= 11 is 5.77. The number of piperidine rings is 2. The van der Waals surface area contributed by atoms with E-state index in [4.69, 9.17) is 26.8 Å². The molecule has 0 aliphatic carbocycles. The van der Waals surface area contributed by atoms with E-state index in [0.29, 0.717) is 40.4 Å². The molecule has 0 bridgehead atoms. The molecule has 6 aromatic heterocycles. The number of halogens is 2. The zero-order chi connectivity index (χ0) is 42.3. The summed E-state index contributed by atoms with van der Waals surface area (Å²) in [4.78, 5) is 20.9. The molecule has 0 atom stereocenters. The predicted molar refractivity (Wildman–Crippen MR) is 230 cm³/mol. The second-order valence-corrected chi connectivity index (χ2v) is 15.3. The summed E-state index contributed by atoms with van der Waals surface area (Å²) in [6, 6.07) is 16.0. The fourth-order valence-corrected chi connectivity index (χ4v) is 7.32. The molecule has 0 spiro atoms. The number of nitrogens with two attached hydrogens (primary N) is 1. The van der Waals surface area contributed by atoms with Crippen molar-refractivity contribution in [3.8, 4) is 22.9 Å². The maximum absolute atomic E-state index is 5.77. The Balaban J connectivity index is 0.000000153. The smallest absolute Gasteiger partial charge is 0.229 e. The second-order valence-electron chi connectivity index (χ2n) is 15.0. The zero-order valence-electron chi connectivity index (χ0n) is 34.8. The lowest BCUT2D eigenvalue weighted by Gasteiger charge is -2.28. The summed E-state index contributed by atoms with van der Waals surface area (Å²) in [5.74, 6) is 2.03. The number of anilines is 3. The van der Waals surface area contributed by atoms with Gasteiger partial charge in [-0.15, -0.1) is 10.2 Å². The Morgan fingerprint density at radius 3 is 1.81 bits per heavy atom. The van der Waals surface area contributed by atoms with E-state index in [1.807, 2.05) is 76.5 Å². The molecule has 0 saturated carbocycles.